The normalized spacial score (nSPS) is 17.3. The van der Waals surface area contributed by atoms with E-state index >= 15 is 0 Å². The highest BCUT2D eigenvalue weighted by Gasteiger charge is 2.23. The second kappa shape index (κ2) is 7.71. The summed E-state index contributed by atoms with van der Waals surface area (Å²) in [5.41, 5.74) is 4.01. The second-order valence-corrected chi connectivity index (χ2v) is 7.53. The van der Waals surface area contributed by atoms with Gasteiger partial charge in [0, 0.05) is 38.9 Å². The van der Waals surface area contributed by atoms with Gasteiger partial charge in [0.1, 0.15) is 16.9 Å². The van der Waals surface area contributed by atoms with E-state index in [0.29, 0.717) is 6.04 Å². The van der Waals surface area contributed by atoms with Gasteiger partial charge in [0.05, 0.1) is 5.69 Å². The maximum Gasteiger partial charge on any atom is 0.228 e. The smallest absolute Gasteiger partial charge is 0.228 e. The Morgan fingerprint density at radius 2 is 2.18 bits per heavy atom. The van der Waals surface area contributed by atoms with E-state index in [1.807, 2.05) is 23.9 Å². The van der Waals surface area contributed by atoms with Crippen molar-refractivity contribution in [3.8, 4) is 0 Å². The molecule has 4 rings (SSSR count). The molecule has 0 unspecified atom stereocenters. The molecule has 8 heteroatoms. The van der Waals surface area contributed by atoms with Gasteiger partial charge in [-0.15, -0.1) is 0 Å². The first kappa shape index (κ1) is 18.6. The lowest BCUT2D eigenvalue weighted by atomic mass is 10.2. The fourth-order valence-corrected chi connectivity index (χ4v) is 3.70. The molecule has 1 aliphatic heterocycles. The number of nitrogens with one attached hydrogen (secondary N) is 2. The van der Waals surface area contributed by atoms with Gasteiger partial charge in [-0.05, 0) is 38.0 Å². The van der Waals surface area contributed by atoms with E-state index in [-0.39, 0.29) is 0 Å². The van der Waals surface area contributed by atoms with Crippen LogP contribution in [0.1, 0.15) is 31.5 Å². The van der Waals surface area contributed by atoms with Gasteiger partial charge >= 0.3 is 0 Å². The SMILES string of the molecule is CCCc1nn(C)c2c(Nc3cc(C)ccn3)nc(N3CCN[C@H](C)C3)nc12. The Hall–Kier alpha value is -2.74. The van der Waals surface area contributed by atoms with Gasteiger partial charge < -0.3 is 15.5 Å². The van der Waals surface area contributed by atoms with E-state index in [1.54, 1.807) is 6.20 Å². The molecule has 0 aliphatic carbocycles. The molecule has 0 aromatic carbocycles. The van der Waals surface area contributed by atoms with Crippen molar-refractivity contribution >= 4 is 28.6 Å². The zero-order valence-electron chi connectivity index (χ0n) is 17.0. The molecule has 3 aromatic rings. The van der Waals surface area contributed by atoms with E-state index in [2.05, 4.69) is 41.3 Å². The Bertz CT molecular complexity index is 980. The lowest BCUT2D eigenvalue weighted by molar-refractivity contribution is 0.480. The van der Waals surface area contributed by atoms with E-state index in [4.69, 9.17) is 15.1 Å². The Labute approximate surface area is 165 Å². The fraction of sp³-hybridized carbons (Fsp3) is 0.500. The van der Waals surface area contributed by atoms with E-state index in [1.165, 1.54) is 0 Å². The highest BCUT2D eigenvalue weighted by molar-refractivity contribution is 5.90. The minimum atomic E-state index is 0.409. The van der Waals surface area contributed by atoms with E-state index < -0.39 is 0 Å². The van der Waals surface area contributed by atoms with Gasteiger partial charge in [0.15, 0.2) is 5.82 Å². The molecule has 1 atom stereocenters. The fourth-order valence-electron chi connectivity index (χ4n) is 3.70. The van der Waals surface area contributed by atoms with Crippen LogP contribution in [0.25, 0.3) is 11.0 Å². The predicted molar refractivity (Wildman–Crippen MR) is 112 cm³/mol. The molecule has 0 spiro atoms. The third-order valence-electron chi connectivity index (χ3n) is 5.04. The van der Waals surface area contributed by atoms with Crippen LogP contribution in [0.2, 0.25) is 0 Å². The van der Waals surface area contributed by atoms with Gasteiger partial charge in [0.2, 0.25) is 5.95 Å². The zero-order valence-corrected chi connectivity index (χ0v) is 17.0. The highest BCUT2D eigenvalue weighted by atomic mass is 15.3. The van der Waals surface area contributed by atoms with Crippen LogP contribution in [-0.4, -0.2) is 50.4 Å². The molecule has 1 aliphatic rings. The van der Waals surface area contributed by atoms with E-state index in [9.17, 15) is 0 Å². The van der Waals surface area contributed by atoms with Crippen LogP contribution in [0, 0.1) is 6.92 Å². The van der Waals surface area contributed by atoms with Crippen LogP contribution in [0.5, 0.6) is 0 Å². The van der Waals surface area contributed by atoms with Crippen LogP contribution >= 0.6 is 0 Å². The molecular formula is C20H28N8. The maximum absolute atomic E-state index is 4.94. The van der Waals surface area contributed by atoms with Crippen molar-refractivity contribution in [3.05, 3.63) is 29.6 Å². The average molecular weight is 381 g/mol. The Morgan fingerprint density at radius 1 is 1.32 bits per heavy atom. The summed E-state index contributed by atoms with van der Waals surface area (Å²) >= 11 is 0. The first-order chi connectivity index (χ1) is 13.5. The minimum absolute atomic E-state index is 0.409. The molecule has 8 nitrogen and oxygen atoms in total. The molecule has 1 saturated heterocycles. The summed E-state index contributed by atoms with van der Waals surface area (Å²) in [7, 11) is 1.95. The van der Waals surface area contributed by atoms with Crippen LogP contribution < -0.4 is 15.5 Å². The third-order valence-corrected chi connectivity index (χ3v) is 5.04. The third kappa shape index (κ3) is 3.64. The van der Waals surface area contributed by atoms with Crippen molar-refractivity contribution in [1.82, 2.24) is 30.0 Å². The first-order valence-corrected chi connectivity index (χ1v) is 9.96. The van der Waals surface area contributed by atoms with Gasteiger partial charge in [-0.3, -0.25) is 4.68 Å². The number of rotatable bonds is 5. The molecule has 4 heterocycles. The molecule has 148 valence electrons. The van der Waals surface area contributed by atoms with E-state index in [0.717, 1.165) is 72.4 Å². The topological polar surface area (TPSA) is 83.8 Å². The van der Waals surface area contributed by atoms with Gasteiger partial charge in [0.25, 0.3) is 0 Å². The maximum atomic E-state index is 4.94. The molecule has 3 aromatic heterocycles. The van der Waals surface area contributed by atoms with Crippen molar-refractivity contribution < 1.29 is 0 Å². The number of anilines is 3. The average Bonchev–Trinajstić information content (AvgIpc) is 2.98. The van der Waals surface area contributed by atoms with Gasteiger partial charge in [-0.2, -0.15) is 10.1 Å². The summed E-state index contributed by atoms with van der Waals surface area (Å²) in [6.45, 7) is 9.11. The second-order valence-electron chi connectivity index (χ2n) is 7.53. The molecule has 0 saturated carbocycles. The molecule has 0 amide bonds. The summed E-state index contributed by atoms with van der Waals surface area (Å²) in [5, 5.41) is 11.6. The lowest BCUT2D eigenvalue weighted by Crippen LogP contribution is -2.49. The van der Waals surface area contributed by atoms with Crippen molar-refractivity contribution in [3.63, 3.8) is 0 Å². The number of hydrogen-bond donors (Lipinski definition) is 2. The number of pyridine rings is 1. The summed E-state index contributed by atoms with van der Waals surface area (Å²) in [5.74, 6) is 2.28. The molecule has 1 fully saturated rings. The Balaban J connectivity index is 1.83. The van der Waals surface area contributed by atoms with Crippen LogP contribution in [0.4, 0.5) is 17.6 Å². The largest absolute Gasteiger partial charge is 0.338 e. The summed E-state index contributed by atoms with van der Waals surface area (Å²) in [4.78, 5) is 16.5. The van der Waals surface area contributed by atoms with Crippen molar-refractivity contribution in [2.24, 2.45) is 7.05 Å². The number of nitrogens with zero attached hydrogens (tertiary/aromatic N) is 6. The Morgan fingerprint density at radius 3 is 2.93 bits per heavy atom. The highest BCUT2D eigenvalue weighted by Crippen LogP contribution is 2.28. The minimum Gasteiger partial charge on any atom is -0.338 e. The Kier molecular flexibility index (Phi) is 5.13. The van der Waals surface area contributed by atoms with Crippen molar-refractivity contribution in [2.75, 3.05) is 29.9 Å². The number of aromatic nitrogens is 5. The van der Waals surface area contributed by atoms with Crippen molar-refractivity contribution in [1.29, 1.82) is 0 Å². The first-order valence-electron chi connectivity index (χ1n) is 9.96. The van der Waals surface area contributed by atoms with Crippen molar-refractivity contribution in [2.45, 2.75) is 39.7 Å². The zero-order chi connectivity index (χ0) is 19.7. The standard InChI is InChI=1S/C20H28N8/c1-5-6-15-17-18(27(4)26-15)19(23-16-11-13(2)7-8-22-16)25-20(24-17)28-10-9-21-14(3)12-28/h7-8,11,14,21H,5-6,9-10,12H2,1-4H3,(H,22,23,24,25)/t14-/m1/s1. The summed E-state index contributed by atoms with van der Waals surface area (Å²) in [6, 6.07) is 4.41. The molecule has 0 radical (unpaired) electrons. The monoisotopic (exact) mass is 380 g/mol. The lowest BCUT2D eigenvalue weighted by Gasteiger charge is -2.32. The predicted octanol–water partition coefficient (Wildman–Crippen LogP) is 2.56. The molecule has 28 heavy (non-hydrogen) atoms. The van der Waals surface area contributed by atoms with Crippen LogP contribution in [0.15, 0.2) is 18.3 Å². The van der Waals surface area contributed by atoms with Crippen LogP contribution in [-0.2, 0) is 13.5 Å². The summed E-state index contributed by atoms with van der Waals surface area (Å²) in [6.07, 6.45) is 3.73. The van der Waals surface area contributed by atoms with Gasteiger partial charge in [-0.1, -0.05) is 13.3 Å². The molecule has 2 N–H and O–H groups in total. The molecule has 0 bridgehead atoms. The van der Waals surface area contributed by atoms with Gasteiger partial charge in [-0.25, -0.2) is 9.97 Å². The molecular weight excluding hydrogens is 352 g/mol. The number of hydrogen-bond acceptors (Lipinski definition) is 7. The summed E-state index contributed by atoms with van der Waals surface area (Å²) < 4.78 is 1.88. The number of fused-ring (bicyclic) bond motifs is 1. The number of aryl methyl sites for hydroxylation is 3. The van der Waals surface area contributed by atoms with Crippen LogP contribution in [0.3, 0.4) is 0 Å². The quantitative estimate of drug-likeness (QED) is 0.704. The number of piperazine rings is 1.